The Labute approximate surface area is 227 Å². The Morgan fingerprint density at radius 3 is 1.90 bits per heavy atom. The molecule has 1 heterocycles. The summed E-state index contributed by atoms with van der Waals surface area (Å²) < 4.78 is 133. The molecule has 0 fully saturated rings. The number of hydrogen-bond acceptors (Lipinski definition) is 5. The lowest BCUT2D eigenvalue weighted by Crippen LogP contribution is -2.46. The summed E-state index contributed by atoms with van der Waals surface area (Å²) in [6, 6.07) is 1.66. The third-order valence-electron chi connectivity index (χ3n) is 6.67. The Morgan fingerprint density at radius 2 is 1.44 bits per heavy atom. The minimum absolute atomic E-state index is 0.110. The molecule has 0 unspecified atom stereocenters. The number of aliphatic hydroxyl groups excluding tert-OH is 1. The van der Waals surface area contributed by atoms with E-state index in [0.717, 1.165) is 11.0 Å². The van der Waals surface area contributed by atoms with Crippen molar-refractivity contribution >= 4 is 17.7 Å². The largest absolute Gasteiger partial charge is 0.449 e. The molecule has 1 N–H and O–H groups in total. The van der Waals surface area contributed by atoms with E-state index in [2.05, 4.69) is 4.74 Å². The Morgan fingerprint density at radius 1 is 0.878 bits per heavy atom. The van der Waals surface area contributed by atoms with Gasteiger partial charge in [-0.1, -0.05) is 6.92 Å². The molecule has 0 radical (unpaired) electrons. The van der Waals surface area contributed by atoms with Crippen LogP contribution in [0.3, 0.4) is 0 Å². The Kier molecular flexibility index (Phi) is 9.20. The fourth-order valence-electron chi connectivity index (χ4n) is 4.92. The number of carbonyl (C=O) groups excluding carboxylic acids is 2. The van der Waals surface area contributed by atoms with Crippen LogP contribution >= 0.6 is 0 Å². The number of ether oxygens (including phenoxy) is 2. The van der Waals surface area contributed by atoms with Gasteiger partial charge in [0.15, 0.2) is 6.79 Å². The predicted octanol–water partition coefficient (Wildman–Crippen LogP) is 7.25. The van der Waals surface area contributed by atoms with E-state index in [1.165, 1.54) is 6.92 Å². The van der Waals surface area contributed by atoms with Crippen LogP contribution in [0.2, 0.25) is 0 Å². The molecule has 226 valence electrons. The highest BCUT2D eigenvalue weighted by atomic mass is 19.4. The van der Waals surface area contributed by atoms with Gasteiger partial charge in [0.05, 0.1) is 34.9 Å². The van der Waals surface area contributed by atoms with Crippen molar-refractivity contribution in [2.75, 3.05) is 18.3 Å². The molecule has 3 atom stereocenters. The van der Waals surface area contributed by atoms with Crippen molar-refractivity contribution < 1.29 is 63.7 Å². The van der Waals surface area contributed by atoms with Gasteiger partial charge < -0.3 is 14.6 Å². The van der Waals surface area contributed by atoms with E-state index in [1.54, 1.807) is 6.92 Å². The van der Waals surface area contributed by atoms with Gasteiger partial charge in [0.2, 0.25) is 0 Å². The number of esters is 1. The third-order valence-corrected chi connectivity index (χ3v) is 6.67. The van der Waals surface area contributed by atoms with Gasteiger partial charge >= 0.3 is 30.6 Å². The molecule has 6 nitrogen and oxygen atoms in total. The van der Waals surface area contributed by atoms with E-state index in [0.29, 0.717) is 12.1 Å². The molecule has 0 saturated carbocycles. The van der Waals surface area contributed by atoms with Crippen LogP contribution in [0.4, 0.5) is 50.0 Å². The number of amides is 1. The van der Waals surface area contributed by atoms with Crippen LogP contribution in [0, 0.1) is 0 Å². The molecule has 1 aliphatic rings. The molecule has 41 heavy (non-hydrogen) atoms. The quantitative estimate of drug-likeness (QED) is 0.215. The Hall–Kier alpha value is -3.49. The SMILES string of the molecule is CCOC(=O)N1c2ccc(C(F)(F)F)cc2[C@H]([C@H](C(=O)OCO)c2cc(C(F)(F)F)cc(C(F)(F)F)c2)C[C@H]1CC. The van der Waals surface area contributed by atoms with Crippen LogP contribution in [0.25, 0.3) is 0 Å². The van der Waals surface area contributed by atoms with Crippen molar-refractivity contribution in [3.63, 3.8) is 0 Å². The van der Waals surface area contributed by atoms with Crippen LogP contribution < -0.4 is 4.90 Å². The summed E-state index contributed by atoms with van der Waals surface area (Å²) in [7, 11) is 0. The minimum atomic E-state index is -5.29. The summed E-state index contributed by atoms with van der Waals surface area (Å²) in [4.78, 5) is 26.9. The first-order valence-electron chi connectivity index (χ1n) is 12.2. The van der Waals surface area contributed by atoms with E-state index in [9.17, 15) is 54.2 Å². The fraction of sp³-hybridized carbons (Fsp3) is 0.462. The third kappa shape index (κ3) is 6.88. The van der Waals surface area contributed by atoms with Gasteiger partial charge in [0.1, 0.15) is 0 Å². The van der Waals surface area contributed by atoms with E-state index in [-0.39, 0.29) is 48.9 Å². The lowest BCUT2D eigenvalue weighted by atomic mass is 9.73. The van der Waals surface area contributed by atoms with Gasteiger partial charge in [0, 0.05) is 12.0 Å². The van der Waals surface area contributed by atoms with Crippen molar-refractivity contribution in [2.45, 2.75) is 63.1 Å². The lowest BCUT2D eigenvalue weighted by molar-refractivity contribution is -0.155. The van der Waals surface area contributed by atoms with Gasteiger partial charge in [0.25, 0.3) is 0 Å². The first-order valence-corrected chi connectivity index (χ1v) is 12.2. The van der Waals surface area contributed by atoms with Crippen molar-refractivity contribution in [1.29, 1.82) is 0 Å². The van der Waals surface area contributed by atoms with Gasteiger partial charge in [-0.2, -0.15) is 39.5 Å². The highest BCUT2D eigenvalue weighted by molar-refractivity contribution is 5.91. The molecule has 2 aromatic carbocycles. The van der Waals surface area contributed by atoms with Gasteiger partial charge in [-0.25, -0.2) is 4.79 Å². The zero-order valence-corrected chi connectivity index (χ0v) is 21.5. The Bertz CT molecular complexity index is 1240. The van der Waals surface area contributed by atoms with E-state index in [1.807, 2.05) is 0 Å². The highest BCUT2D eigenvalue weighted by Crippen LogP contribution is 2.50. The fourth-order valence-corrected chi connectivity index (χ4v) is 4.92. The molecule has 0 spiro atoms. The number of carbonyl (C=O) groups is 2. The number of aliphatic hydroxyl groups is 1. The van der Waals surface area contributed by atoms with E-state index >= 15 is 0 Å². The number of alkyl halides is 9. The number of fused-ring (bicyclic) bond motifs is 1. The number of rotatable bonds is 6. The van der Waals surface area contributed by atoms with Gasteiger partial charge in [-0.15, -0.1) is 0 Å². The first-order chi connectivity index (χ1) is 18.9. The topological polar surface area (TPSA) is 76.1 Å². The van der Waals surface area contributed by atoms with Crippen LogP contribution in [0.5, 0.6) is 0 Å². The maximum Gasteiger partial charge on any atom is 0.416 e. The number of benzene rings is 2. The smallest absolute Gasteiger partial charge is 0.416 e. The molecule has 3 rings (SSSR count). The zero-order valence-electron chi connectivity index (χ0n) is 21.5. The van der Waals surface area contributed by atoms with E-state index < -0.39 is 77.5 Å². The molecule has 15 heteroatoms. The number of nitrogens with zero attached hydrogens (tertiary/aromatic N) is 1. The highest BCUT2D eigenvalue weighted by Gasteiger charge is 2.46. The first kappa shape index (κ1) is 32.0. The molecular formula is C26H24F9NO5. The molecule has 0 aliphatic carbocycles. The molecule has 0 bridgehead atoms. The number of halogens is 9. The standard InChI is InChI=1S/C26H24F9NO5/c1-3-17-11-19(18-10-14(24(27,28)29)5-6-20(18)36(17)23(39)40-4-2)21(22(38)41-12-37)13-7-15(25(30,31)32)9-16(8-13)26(33,34)35/h5-10,17,19,21,37H,3-4,11-12H2,1-2H3/t17-,19-,21-/m1/s1. The number of hydrogen-bond donors (Lipinski definition) is 1. The molecule has 2 aromatic rings. The lowest BCUT2D eigenvalue weighted by Gasteiger charge is -2.42. The van der Waals surface area contributed by atoms with Crippen LogP contribution in [-0.2, 0) is 32.8 Å². The van der Waals surface area contributed by atoms with Crippen LogP contribution in [0.1, 0.15) is 66.3 Å². The second kappa shape index (κ2) is 11.8. The molecular weight excluding hydrogens is 577 g/mol. The summed E-state index contributed by atoms with van der Waals surface area (Å²) in [5.74, 6) is -5.02. The summed E-state index contributed by atoms with van der Waals surface area (Å²) in [5, 5.41) is 9.20. The van der Waals surface area contributed by atoms with Crippen molar-refractivity contribution in [2.24, 2.45) is 0 Å². The molecule has 1 amide bonds. The number of anilines is 1. The summed E-state index contributed by atoms with van der Waals surface area (Å²) in [5.41, 5.74) is -6.14. The monoisotopic (exact) mass is 601 g/mol. The van der Waals surface area contributed by atoms with Crippen molar-refractivity contribution in [3.8, 4) is 0 Å². The minimum Gasteiger partial charge on any atom is -0.449 e. The maximum atomic E-state index is 13.7. The van der Waals surface area contributed by atoms with Gasteiger partial charge in [-0.3, -0.25) is 9.69 Å². The normalized spacial score (nSPS) is 18.5. The zero-order chi connectivity index (χ0) is 30.9. The average molecular weight is 601 g/mol. The predicted molar refractivity (Wildman–Crippen MR) is 125 cm³/mol. The molecule has 0 aromatic heterocycles. The molecule has 1 aliphatic heterocycles. The maximum absolute atomic E-state index is 13.7. The van der Waals surface area contributed by atoms with Crippen LogP contribution in [0.15, 0.2) is 36.4 Å². The molecule has 0 saturated heterocycles. The summed E-state index contributed by atoms with van der Waals surface area (Å²) in [6.45, 7) is 1.64. The average Bonchev–Trinajstić information content (AvgIpc) is 2.86. The van der Waals surface area contributed by atoms with Gasteiger partial charge in [-0.05, 0) is 67.3 Å². The van der Waals surface area contributed by atoms with Crippen LogP contribution in [-0.4, -0.2) is 36.6 Å². The van der Waals surface area contributed by atoms with E-state index in [4.69, 9.17) is 4.74 Å². The summed E-state index contributed by atoms with van der Waals surface area (Å²) >= 11 is 0. The van der Waals surface area contributed by atoms with Crippen molar-refractivity contribution in [1.82, 2.24) is 0 Å². The second-order valence-corrected chi connectivity index (χ2v) is 9.15. The van der Waals surface area contributed by atoms with Crippen molar-refractivity contribution in [3.05, 3.63) is 64.2 Å². The summed E-state index contributed by atoms with van der Waals surface area (Å²) in [6.07, 6.45) is -16.7. The second-order valence-electron chi connectivity index (χ2n) is 9.15. The Balaban J connectivity index is 2.37.